The third-order valence-electron chi connectivity index (χ3n) is 8.16. The third-order valence-corrected chi connectivity index (χ3v) is 8.16. The quantitative estimate of drug-likeness (QED) is 0.809. The molecule has 2 aromatic rings. The SMILES string of the molecule is CC[C@@H](NC(=O)C12CC(F)(C1)C2)C1[C@H]2CC(n3cnc4cc(F)c(F)cc43)C[C@@H]12. The number of amides is 1. The Bertz CT molecular complexity index is 1000. The first kappa shape index (κ1) is 17.8. The van der Waals surface area contributed by atoms with Crippen molar-refractivity contribution in [3.63, 3.8) is 0 Å². The van der Waals surface area contributed by atoms with Gasteiger partial charge in [0.2, 0.25) is 5.91 Å². The predicted molar refractivity (Wildman–Crippen MR) is 101 cm³/mol. The molecule has 5 aliphatic rings. The molecule has 1 heterocycles. The summed E-state index contributed by atoms with van der Waals surface area (Å²) >= 11 is 0. The van der Waals surface area contributed by atoms with Crippen LogP contribution in [0.25, 0.3) is 11.0 Å². The normalized spacial score (nSPS) is 40.1. The number of imidazole rings is 1. The summed E-state index contributed by atoms with van der Waals surface area (Å²) in [6, 6.07) is 2.76. The van der Waals surface area contributed by atoms with Gasteiger partial charge in [-0.3, -0.25) is 4.79 Å². The van der Waals surface area contributed by atoms with E-state index in [0.29, 0.717) is 48.0 Å². The van der Waals surface area contributed by atoms with Gasteiger partial charge in [-0.2, -0.15) is 0 Å². The highest BCUT2D eigenvalue weighted by atomic mass is 19.2. The van der Waals surface area contributed by atoms with Gasteiger partial charge in [-0.1, -0.05) is 6.92 Å². The lowest BCUT2D eigenvalue weighted by Crippen LogP contribution is -2.70. The molecular formula is C22H24F3N3O. The molecule has 7 rings (SSSR count). The van der Waals surface area contributed by atoms with Crippen molar-refractivity contribution in [2.24, 2.45) is 23.2 Å². The maximum absolute atomic E-state index is 13.8. The minimum atomic E-state index is -1.06. The fourth-order valence-electron chi connectivity index (χ4n) is 6.70. The lowest BCUT2D eigenvalue weighted by atomic mass is 9.42. The van der Waals surface area contributed by atoms with E-state index >= 15 is 0 Å². The smallest absolute Gasteiger partial charge is 0.226 e. The van der Waals surface area contributed by atoms with Crippen LogP contribution in [0, 0.1) is 34.8 Å². The second kappa shape index (κ2) is 5.55. The largest absolute Gasteiger partial charge is 0.353 e. The van der Waals surface area contributed by atoms with Gasteiger partial charge in [-0.15, -0.1) is 0 Å². The minimum absolute atomic E-state index is 0.0449. The van der Waals surface area contributed by atoms with E-state index in [0.717, 1.165) is 25.3 Å². The van der Waals surface area contributed by atoms with Crippen LogP contribution < -0.4 is 5.32 Å². The van der Waals surface area contributed by atoms with E-state index in [2.05, 4.69) is 17.2 Å². The predicted octanol–water partition coefficient (Wildman–Crippen LogP) is 4.30. The van der Waals surface area contributed by atoms with E-state index in [1.165, 1.54) is 6.07 Å². The Morgan fingerprint density at radius 3 is 2.52 bits per heavy atom. The van der Waals surface area contributed by atoms with Crippen LogP contribution in [0.3, 0.4) is 0 Å². The summed E-state index contributed by atoms with van der Waals surface area (Å²) < 4.78 is 42.9. The van der Waals surface area contributed by atoms with Gasteiger partial charge in [0, 0.05) is 24.2 Å². The first-order valence-electron chi connectivity index (χ1n) is 10.6. The molecule has 0 saturated heterocycles. The lowest BCUT2D eigenvalue weighted by molar-refractivity contribution is -0.214. The number of nitrogens with one attached hydrogen (secondary N) is 1. The Balaban J connectivity index is 1.13. The summed E-state index contributed by atoms with van der Waals surface area (Å²) in [5.74, 6) is -0.139. The molecule has 154 valence electrons. The minimum Gasteiger partial charge on any atom is -0.353 e. The van der Waals surface area contributed by atoms with Crippen molar-refractivity contribution in [1.82, 2.24) is 14.9 Å². The fourth-order valence-corrected chi connectivity index (χ4v) is 6.70. The van der Waals surface area contributed by atoms with E-state index in [1.807, 2.05) is 4.57 Å². The van der Waals surface area contributed by atoms with E-state index in [-0.39, 0.29) is 18.0 Å². The third kappa shape index (κ3) is 2.39. The second-order valence-electron chi connectivity index (χ2n) is 9.89. The second-order valence-corrected chi connectivity index (χ2v) is 9.89. The first-order chi connectivity index (χ1) is 13.8. The molecule has 2 bridgehead atoms. The molecule has 0 spiro atoms. The van der Waals surface area contributed by atoms with Crippen molar-refractivity contribution in [1.29, 1.82) is 0 Å². The number of rotatable bonds is 5. The van der Waals surface area contributed by atoms with E-state index in [1.54, 1.807) is 6.33 Å². The zero-order chi connectivity index (χ0) is 20.1. The number of aromatic nitrogens is 2. The zero-order valence-corrected chi connectivity index (χ0v) is 16.3. The number of carbonyl (C=O) groups is 1. The number of alkyl halides is 1. The number of carbonyl (C=O) groups excluding carboxylic acids is 1. The molecule has 2 unspecified atom stereocenters. The molecule has 1 aromatic heterocycles. The Hall–Kier alpha value is -2.05. The van der Waals surface area contributed by atoms with Crippen molar-refractivity contribution in [3.05, 3.63) is 30.1 Å². The monoisotopic (exact) mass is 403 g/mol. The van der Waals surface area contributed by atoms with Gasteiger partial charge in [0.15, 0.2) is 11.6 Å². The summed E-state index contributed by atoms with van der Waals surface area (Å²) in [4.78, 5) is 16.9. The van der Waals surface area contributed by atoms with E-state index < -0.39 is 22.7 Å². The molecule has 7 heteroatoms. The standard InChI is InChI=1S/C22H24F3N3O/c1-2-16(27-20(29)21-7-22(25,8-21)9-21)19-12-3-11(4-13(12)19)28-10-26-17-5-14(23)15(24)6-18(17)28/h5-6,10-13,16,19H,2-4,7-9H2,1H3,(H,27,29)/t11?,12-,13+,16-,19?,21?,22?/m1/s1. The van der Waals surface area contributed by atoms with Gasteiger partial charge in [0.25, 0.3) is 0 Å². The highest BCUT2D eigenvalue weighted by molar-refractivity contribution is 5.87. The van der Waals surface area contributed by atoms with Crippen molar-refractivity contribution in [2.45, 2.75) is 63.2 Å². The fraction of sp³-hybridized carbons (Fsp3) is 0.636. The molecule has 1 aromatic carbocycles. The van der Waals surface area contributed by atoms with Gasteiger partial charge < -0.3 is 9.88 Å². The number of hydrogen-bond acceptors (Lipinski definition) is 2. The molecule has 29 heavy (non-hydrogen) atoms. The first-order valence-corrected chi connectivity index (χ1v) is 10.6. The molecule has 0 radical (unpaired) electrons. The van der Waals surface area contributed by atoms with Crippen molar-refractivity contribution in [3.8, 4) is 0 Å². The van der Waals surface area contributed by atoms with Crippen molar-refractivity contribution in [2.75, 3.05) is 0 Å². The molecule has 5 atom stereocenters. The number of fused-ring (bicyclic) bond motifs is 2. The molecule has 5 fully saturated rings. The summed E-state index contributed by atoms with van der Waals surface area (Å²) in [7, 11) is 0. The van der Waals surface area contributed by atoms with Crippen LogP contribution in [-0.2, 0) is 4.79 Å². The maximum atomic E-state index is 13.8. The molecule has 4 nitrogen and oxygen atoms in total. The van der Waals surface area contributed by atoms with Gasteiger partial charge in [-0.25, -0.2) is 18.2 Å². The highest BCUT2D eigenvalue weighted by Crippen LogP contribution is 2.70. The Morgan fingerprint density at radius 1 is 1.24 bits per heavy atom. The topological polar surface area (TPSA) is 46.9 Å². The summed E-state index contributed by atoms with van der Waals surface area (Å²) in [5, 5.41) is 3.23. The molecule has 1 amide bonds. The Labute approximate surface area is 166 Å². The Morgan fingerprint density at radius 2 is 1.90 bits per heavy atom. The van der Waals surface area contributed by atoms with Crippen LogP contribution in [-0.4, -0.2) is 27.2 Å². The van der Waals surface area contributed by atoms with Gasteiger partial charge in [-0.05, 0) is 56.3 Å². The average Bonchev–Trinajstić information content (AvgIpc) is 2.97. The Kier molecular flexibility index (Phi) is 3.40. The highest BCUT2D eigenvalue weighted by Gasteiger charge is 2.73. The molecule has 5 saturated carbocycles. The molecule has 1 N–H and O–H groups in total. The molecule has 5 aliphatic carbocycles. The van der Waals surface area contributed by atoms with Crippen molar-refractivity contribution < 1.29 is 18.0 Å². The zero-order valence-electron chi connectivity index (χ0n) is 16.3. The van der Waals surface area contributed by atoms with Crippen LogP contribution in [0.15, 0.2) is 18.5 Å². The molecular weight excluding hydrogens is 379 g/mol. The van der Waals surface area contributed by atoms with Gasteiger partial charge in [0.1, 0.15) is 5.67 Å². The lowest BCUT2D eigenvalue weighted by Gasteiger charge is -2.64. The average molecular weight is 403 g/mol. The van der Waals surface area contributed by atoms with Crippen LogP contribution in [0.1, 0.15) is 51.5 Å². The van der Waals surface area contributed by atoms with Crippen LogP contribution in [0.5, 0.6) is 0 Å². The van der Waals surface area contributed by atoms with E-state index in [9.17, 15) is 18.0 Å². The van der Waals surface area contributed by atoms with Crippen LogP contribution >= 0.6 is 0 Å². The maximum Gasteiger partial charge on any atom is 0.226 e. The number of hydrogen-bond donors (Lipinski definition) is 1. The summed E-state index contributed by atoms with van der Waals surface area (Å²) in [5.41, 5.74) is -0.373. The summed E-state index contributed by atoms with van der Waals surface area (Å²) in [6.07, 6.45) is 5.67. The number of halogens is 3. The molecule has 0 aliphatic heterocycles. The van der Waals surface area contributed by atoms with Crippen LogP contribution in [0.2, 0.25) is 0 Å². The number of benzene rings is 1. The van der Waals surface area contributed by atoms with Crippen molar-refractivity contribution >= 4 is 16.9 Å². The summed E-state index contributed by atoms with van der Waals surface area (Å²) in [6.45, 7) is 2.09. The van der Waals surface area contributed by atoms with Gasteiger partial charge in [0.05, 0.1) is 22.8 Å². The van der Waals surface area contributed by atoms with Gasteiger partial charge >= 0.3 is 0 Å². The van der Waals surface area contributed by atoms with E-state index in [4.69, 9.17) is 0 Å². The number of nitrogens with zero attached hydrogens (tertiary/aromatic N) is 2. The van der Waals surface area contributed by atoms with Crippen LogP contribution in [0.4, 0.5) is 13.2 Å².